The zero-order chi connectivity index (χ0) is 16.7. The van der Waals surface area contributed by atoms with Crippen molar-refractivity contribution in [3.05, 3.63) is 47.7 Å². The van der Waals surface area contributed by atoms with Crippen LogP contribution in [0.4, 0.5) is 5.82 Å². The molecule has 2 rings (SSSR count). The van der Waals surface area contributed by atoms with Gasteiger partial charge < -0.3 is 15.2 Å². The number of aromatic nitrogens is 1. The predicted octanol–water partition coefficient (Wildman–Crippen LogP) is 3.03. The molecule has 1 aromatic carbocycles. The van der Waals surface area contributed by atoms with Crippen LogP contribution >= 0.6 is 0 Å². The Morgan fingerprint density at radius 1 is 1.30 bits per heavy atom. The second kappa shape index (κ2) is 8.29. The largest absolute Gasteiger partial charge is 0.462 e. The Kier molecular flexibility index (Phi) is 6.11. The van der Waals surface area contributed by atoms with Gasteiger partial charge in [-0.2, -0.15) is 0 Å². The van der Waals surface area contributed by atoms with E-state index in [0.29, 0.717) is 36.6 Å². The molecule has 23 heavy (non-hydrogen) atoms. The lowest BCUT2D eigenvalue weighted by Gasteiger charge is -2.14. The maximum Gasteiger partial charge on any atom is 0.340 e. The van der Waals surface area contributed by atoms with Gasteiger partial charge in [0.1, 0.15) is 5.82 Å². The van der Waals surface area contributed by atoms with Crippen molar-refractivity contribution in [2.75, 3.05) is 25.1 Å². The number of aliphatic hydroxyl groups excluding tert-OH is 1. The first-order valence-corrected chi connectivity index (χ1v) is 7.76. The van der Waals surface area contributed by atoms with Crippen LogP contribution in [0.25, 0.3) is 11.1 Å². The van der Waals surface area contributed by atoms with Crippen LogP contribution < -0.4 is 5.32 Å². The van der Waals surface area contributed by atoms with E-state index in [4.69, 9.17) is 9.84 Å². The van der Waals surface area contributed by atoms with Gasteiger partial charge in [-0.05, 0) is 31.9 Å². The van der Waals surface area contributed by atoms with Crippen molar-refractivity contribution in [1.82, 2.24) is 4.98 Å². The molecule has 1 heterocycles. The number of nitrogens with one attached hydrogen (secondary N) is 1. The summed E-state index contributed by atoms with van der Waals surface area (Å²) in [6.45, 7) is 4.65. The van der Waals surface area contributed by atoms with E-state index in [1.165, 1.54) is 0 Å². The van der Waals surface area contributed by atoms with Crippen molar-refractivity contribution in [3.8, 4) is 11.1 Å². The molecule has 0 unspecified atom stereocenters. The molecule has 0 bridgehead atoms. The number of carbonyl (C=O) groups excluding carboxylic acids is 1. The lowest BCUT2D eigenvalue weighted by atomic mass is 9.99. The normalized spacial score (nSPS) is 10.4. The molecular formula is C18H22N2O3. The van der Waals surface area contributed by atoms with E-state index in [1.54, 1.807) is 13.8 Å². The molecule has 122 valence electrons. The number of hydrogen-bond acceptors (Lipinski definition) is 5. The van der Waals surface area contributed by atoms with Crippen molar-refractivity contribution in [3.63, 3.8) is 0 Å². The molecule has 2 N–H and O–H groups in total. The summed E-state index contributed by atoms with van der Waals surface area (Å²) in [5.74, 6) is 0.320. The van der Waals surface area contributed by atoms with Crippen LogP contribution in [-0.4, -0.2) is 35.8 Å². The Balaban J connectivity index is 2.46. The predicted molar refractivity (Wildman–Crippen MR) is 90.6 cm³/mol. The monoisotopic (exact) mass is 314 g/mol. The van der Waals surface area contributed by atoms with Gasteiger partial charge in [0.25, 0.3) is 0 Å². The molecule has 0 atom stereocenters. The molecule has 0 saturated carbocycles. The van der Waals surface area contributed by atoms with Crippen LogP contribution in [0.2, 0.25) is 0 Å². The number of nitrogens with zero attached hydrogens (tertiary/aromatic N) is 1. The lowest BCUT2D eigenvalue weighted by Crippen LogP contribution is -2.12. The summed E-state index contributed by atoms with van der Waals surface area (Å²) in [7, 11) is 0. The molecule has 5 heteroatoms. The zero-order valence-corrected chi connectivity index (χ0v) is 13.5. The van der Waals surface area contributed by atoms with Gasteiger partial charge >= 0.3 is 5.97 Å². The quantitative estimate of drug-likeness (QED) is 0.607. The third kappa shape index (κ3) is 4.29. The molecule has 0 amide bonds. The van der Waals surface area contributed by atoms with E-state index in [1.807, 2.05) is 36.4 Å². The maximum absolute atomic E-state index is 12.3. The van der Waals surface area contributed by atoms with Crippen LogP contribution in [0.15, 0.2) is 36.4 Å². The van der Waals surface area contributed by atoms with E-state index < -0.39 is 0 Å². The number of carbonyl (C=O) groups is 1. The molecule has 0 aliphatic rings. The van der Waals surface area contributed by atoms with Crippen molar-refractivity contribution < 1.29 is 14.6 Å². The van der Waals surface area contributed by atoms with Gasteiger partial charge in [0, 0.05) is 18.7 Å². The van der Waals surface area contributed by atoms with Crippen LogP contribution in [-0.2, 0) is 4.74 Å². The summed E-state index contributed by atoms with van der Waals surface area (Å²) in [6, 6.07) is 11.6. The smallest absolute Gasteiger partial charge is 0.340 e. The van der Waals surface area contributed by atoms with Crippen LogP contribution in [0.5, 0.6) is 0 Å². The minimum absolute atomic E-state index is 0.123. The van der Waals surface area contributed by atoms with Crippen molar-refractivity contribution in [1.29, 1.82) is 0 Å². The first kappa shape index (κ1) is 17.0. The Labute approximate surface area is 136 Å². The Morgan fingerprint density at radius 2 is 2.04 bits per heavy atom. The third-order valence-electron chi connectivity index (χ3n) is 3.41. The topological polar surface area (TPSA) is 71.5 Å². The maximum atomic E-state index is 12.3. The Hall–Kier alpha value is -2.40. The number of aryl methyl sites for hydroxylation is 1. The van der Waals surface area contributed by atoms with Crippen LogP contribution in [0.1, 0.15) is 29.4 Å². The zero-order valence-electron chi connectivity index (χ0n) is 13.5. The van der Waals surface area contributed by atoms with Gasteiger partial charge in [-0.3, -0.25) is 0 Å². The van der Waals surface area contributed by atoms with Gasteiger partial charge in [-0.15, -0.1) is 0 Å². The highest BCUT2D eigenvalue weighted by Gasteiger charge is 2.19. The van der Waals surface area contributed by atoms with E-state index in [-0.39, 0.29) is 12.6 Å². The number of hydrogen-bond donors (Lipinski definition) is 2. The fourth-order valence-electron chi connectivity index (χ4n) is 2.37. The average molecular weight is 314 g/mol. The summed E-state index contributed by atoms with van der Waals surface area (Å²) < 4.78 is 5.18. The van der Waals surface area contributed by atoms with Gasteiger partial charge in [0.2, 0.25) is 0 Å². The summed E-state index contributed by atoms with van der Waals surface area (Å²) in [6.07, 6.45) is 0.640. The summed E-state index contributed by atoms with van der Waals surface area (Å²) in [5, 5.41) is 12.1. The molecular weight excluding hydrogens is 292 g/mol. The van der Waals surface area contributed by atoms with E-state index in [0.717, 1.165) is 11.1 Å². The third-order valence-corrected chi connectivity index (χ3v) is 3.41. The fraction of sp³-hybridized carbons (Fsp3) is 0.333. The molecule has 0 aliphatic heterocycles. The summed E-state index contributed by atoms with van der Waals surface area (Å²) in [4.78, 5) is 16.8. The van der Waals surface area contributed by atoms with E-state index in [9.17, 15) is 4.79 Å². The second-order valence-electron chi connectivity index (χ2n) is 5.11. The van der Waals surface area contributed by atoms with Crippen molar-refractivity contribution >= 4 is 11.8 Å². The van der Waals surface area contributed by atoms with Crippen LogP contribution in [0.3, 0.4) is 0 Å². The molecule has 0 saturated heterocycles. The molecule has 0 aliphatic carbocycles. The number of pyridine rings is 1. The van der Waals surface area contributed by atoms with E-state index >= 15 is 0 Å². The number of benzene rings is 1. The average Bonchev–Trinajstić information content (AvgIpc) is 2.55. The molecule has 2 aromatic rings. The summed E-state index contributed by atoms with van der Waals surface area (Å²) in [5.41, 5.74) is 2.84. The Bertz CT molecular complexity index is 657. The number of rotatable bonds is 7. The first-order chi connectivity index (χ1) is 11.2. The molecule has 0 radical (unpaired) electrons. The van der Waals surface area contributed by atoms with Crippen molar-refractivity contribution in [2.24, 2.45) is 0 Å². The minimum Gasteiger partial charge on any atom is -0.462 e. The number of aliphatic hydroxyl groups is 1. The molecule has 0 spiro atoms. The SMILES string of the molecule is CCOC(=O)c1c(-c2ccccc2)cc(NCCCO)nc1C. The highest BCUT2D eigenvalue weighted by atomic mass is 16.5. The van der Waals surface area contributed by atoms with Gasteiger partial charge in [-0.1, -0.05) is 30.3 Å². The highest BCUT2D eigenvalue weighted by Crippen LogP contribution is 2.28. The minimum atomic E-state index is -0.363. The standard InChI is InChI=1S/C18H22N2O3/c1-3-23-18(22)17-13(2)20-16(19-10-7-11-21)12-15(17)14-8-5-4-6-9-14/h4-6,8-9,12,21H,3,7,10-11H2,1-2H3,(H,19,20). The van der Waals surface area contributed by atoms with E-state index in [2.05, 4.69) is 10.3 Å². The number of esters is 1. The molecule has 0 fully saturated rings. The summed E-state index contributed by atoms with van der Waals surface area (Å²) >= 11 is 0. The fourth-order valence-corrected chi connectivity index (χ4v) is 2.37. The Morgan fingerprint density at radius 3 is 2.70 bits per heavy atom. The first-order valence-electron chi connectivity index (χ1n) is 7.76. The second-order valence-corrected chi connectivity index (χ2v) is 5.11. The molecule has 5 nitrogen and oxygen atoms in total. The number of ether oxygens (including phenoxy) is 1. The highest BCUT2D eigenvalue weighted by molar-refractivity contribution is 5.99. The lowest BCUT2D eigenvalue weighted by molar-refractivity contribution is 0.0526. The van der Waals surface area contributed by atoms with Gasteiger partial charge in [0.15, 0.2) is 0 Å². The van der Waals surface area contributed by atoms with Gasteiger partial charge in [-0.25, -0.2) is 9.78 Å². The van der Waals surface area contributed by atoms with Gasteiger partial charge in [0.05, 0.1) is 17.9 Å². The molecule has 1 aromatic heterocycles. The van der Waals surface area contributed by atoms with Crippen molar-refractivity contribution in [2.45, 2.75) is 20.3 Å². The number of anilines is 1. The van der Waals surface area contributed by atoms with Crippen LogP contribution in [0, 0.1) is 6.92 Å².